The zero-order chi connectivity index (χ0) is 19.2. The van der Waals surface area contributed by atoms with Crippen molar-refractivity contribution >= 4 is 23.2 Å². The fraction of sp³-hybridized carbons (Fsp3) is 0.429. The first-order valence-electron chi connectivity index (χ1n) is 9.34. The lowest BCUT2D eigenvalue weighted by Crippen LogP contribution is -2.33. The number of benzene rings is 2. The summed E-state index contributed by atoms with van der Waals surface area (Å²) >= 11 is 12.8. The molecule has 1 atom stereocenters. The van der Waals surface area contributed by atoms with Crippen LogP contribution in [0.4, 0.5) is 0 Å². The third-order valence-electron chi connectivity index (χ3n) is 4.80. The van der Waals surface area contributed by atoms with Crippen LogP contribution in [0.25, 0.3) is 0 Å². The predicted molar refractivity (Wildman–Crippen MR) is 112 cm³/mol. The predicted octanol–water partition coefficient (Wildman–Crippen LogP) is 4.79. The zero-order valence-electron chi connectivity index (χ0n) is 15.8. The Balaban J connectivity index is 2.07. The lowest BCUT2D eigenvalue weighted by molar-refractivity contribution is 0.240. The maximum atomic E-state index is 6.61. The summed E-state index contributed by atoms with van der Waals surface area (Å²) in [6.07, 6.45) is 1.09. The molecule has 27 heavy (non-hydrogen) atoms. The summed E-state index contributed by atoms with van der Waals surface area (Å²) < 4.78 is 11.3. The summed E-state index contributed by atoms with van der Waals surface area (Å²) in [4.78, 5) is 2.46. The molecule has 1 N–H and O–H groups in total. The second-order valence-electron chi connectivity index (χ2n) is 6.55. The first-order chi connectivity index (χ1) is 13.1. The minimum absolute atomic E-state index is 0.0276. The van der Waals surface area contributed by atoms with Crippen LogP contribution in [-0.2, 0) is 0 Å². The van der Waals surface area contributed by atoms with Crippen molar-refractivity contribution in [2.45, 2.75) is 19.4 Å². The second-order valence-corrected chi connectivity index (χ2v) is 7.39. The van der Waals surface area contributed by atoms with Crippen molar-refractivity contribution in [2.24, 2.45) is 0 Å². The zero-order valence-corrected chi connectivity index (χ0v) is 17.3. The van der Waals surface area contributed by atoms with Gasteiger partial charge in [-0.05, 0) is 55.3 Å². The van der Waals surface area contributed by atoms with E-state index in [1.807, 2.05) is 31.2 Å². The highest BCUT2D eigenvalue weighted by Crippen LogP contribution is 2.38. The molecule has 1 fully saturated rings. The lowest BCUT2D eigenvalue weighted by Gasteiger charge is -2.32. The molecular formula is C21H26Cl2N2O2. The SMILES string of the molecule is CCOc1cc(C(c2ccc(Cl)cc2Cl)N2CCCNCC2)ccc1OC. The summed E-state index contributed by atoms with van der Waals surface area (Å²) in [5.74, 6) is 1.49. The van der Waals surface area contributed by atoms with Crippen LogP contribution in [0.3, 0.4) is 0 Å². The summed E-state index contributed by atoms with van der Waals surface area (Å²) in [6.45, 7) is 6.48. The number of hydrogen-bond donors (Lipinski definition) is 1. The van der Waals surface area contributed by atoms with Crippen molar-refractivity contribution < 1.29 is 9.47 Å². The molecule has 146 valence electrons. The molecule has 0 amide bonds. The molecule has 0 radical (unpaired) electrons. The average Bonchev–Trinajstić information content (AvgIpc) is 2.94. The smallest absolute Gasteiger partial charge is 0.161 e. The molecule has 0 spiro atoms. The molecule has 0 aromatic heterocycles. The molecular weight excluding hydrogens is 383 g/mol. The van der Waals surface area contributed by atoms with Gasteiger partial charge in [-0.3, -0.25) is 4.90 Å². The van der Waals surface area contributed by atoms with Gasteiger partial charge in [-0.25, -0.2) is 0 Å². The third-order valence-corrected chi connectivity index (χ3v) is 5.36. The van der Waals surface area contributed by atoms with E-state index >= 15 is 0 Å². The monoisotopic (exact) mass is 408 g/mol. The topological polar surface area (TPSA) is 33.7 Å². The fourth-order valence-electron chi connectivity index (χ4n) is 3.57. The second kappa shape index (κ2) is 9.65. The average molecular weight is 409 g/mol. The van der Waals surface area contributed by atoms with Gasteiger partial charge in [0.2, 0.25) is 0 Å². The molecule has 3 rings (SSSR count). The van der Waals surface area contributed by atoms with Crippen molar-refractivity contribution in [3.8, 4) is 11.5 Å². The highest BCUT2D eigenvalue weighted by molar-refractivity contribution is 6.35. The highest BCUT2D eigenvalue weighted by atomic mass is 35.5. The molecule has 1 unspecified atom stereocenters. The molecule has 1 saturated heterocycles. The van der Waals surface area contributed by atoms with E-state index in [4.69, 9.17) is 32.7 Å². The van der Waals surface area contributed by atoms with Gasteiger partial charge >= 0.3 is 0 Å². The molecule has 0 aliphatic carbocycles. The van der Waals surface area contributed by atoms with Gasteiger partial charge in [0.25, 0.3) is 0 Å². The van der Waals surface area contributed by atoms with Gasteiger partial charge in [-0.2, -0.15) is 0 Å². The Morgan fingerprint density at radius 2 is 1.93 bits per heavy atom. The molecule has 1 heterocycles. The number of ether oxygens (including phenoxy) is 2. The van der Waals surface area contributed by atoms with Crippen LogP contribution in [0.5, 0.6) is 11.5 Å². The van der Waals surface area contributed by atoms with Crippen molar-refractivity contribution in [2.75, 3.05) is 39.9 Å². The van der Waals surface area contributed by atoms with E-state index in [9.17, 15) is 0 Å². The van der Waals surface area contributed by atoms with Crippen molar-refractivity contribution in [1.82, 2.24) is 10.2 Å². The maximum Gasteiger partial charge on any atom is 0.161 e. The Bertz CT molecular complexity index is 762. The van der Waals surface area contributed by atoms with Crippen LogP contribution < -0.4 is 14.8 Å². The van der Waals surface area contributed by atoms with Crippen LogP contribution in [-0.4, -0.2) is 44.8 Å². The van der Waals surface area contributed by atoms with Gasteiger partial charge in [0.05, 0.1) is 19.8 Å². The number of hydrogen-bond acceptors (Lipinski definition) is 4. The number of rotatable bonds is 6. The van der Waals surface area contributed by atoms with E-state index < -0.39 is 0 Å². The van der Waals surface area contributed by atoms with Crippen LogP contribution in [0.2, 0.25) is 10.0 Å². The molecule has 1 aliphatic heterocycles. The van der Waals surface area contributed by atoms with Gasteiger partial charge in [-0.15, -0.1) is 0 Å². The Kier molecular flexibility index (Phi) is 7.25. The molecule has 0 saturated carbocycles. The van der Waals surface area contributed by atoms with Crippen molar-refractivity contribution in [1.29, 1.82) is 0 Å². The molecule has 2 aromatic rings. The van der Waals surface area contributed by atoms with Crippen molar-refractivity contribution in [3.05, 3.63) is 57.6 Å². The van der Waals surface area contributed by atoms with E-state index in [0.717, 1.165) is 55.2 Å². The Hall–Kier alpha value is -1.46. The highest BCUT2D eigenvalue weighted by Gasteiger charge is 2.26. The summed E-state index contributed by atoms with van der Waals surface area (Å²) in [5, 5.41) is 4.79. The standard InChI is InChI=1S/C21H26Cl2N2O2/c1-3-27-20-13-15(5-8-19(20)26-2)21(25-11-4-9-24-10-12-25)17-7-6-16(22)14-18(17)23/h5-8,13-14,21,24H,3-4,9-12H2,1-2H3. The first kappa shape index (κ1) is 20.3. The summed E-state index contributed by atoms with van der Waals surface area (Å²) in [7, 11) is 1.66. The van der Waals surface area contributed by atoms with Crippen LogP contribution in [0.15, 0.2) is 36.4 Å². The molecule has 1 aliphatic rings. The van der Waals surface area contributed by atoms with Gasteiger partial charge in [0.15, 0.2) is 11.5 Å². The van der Waals surface area contributed by atoms with E-state index in [1.54, 1.807) is 7.11 Å². The van der Waals surface area contributed by atoms with E-state index in [-0.39, 0.29) is 6.04 Å². The number of halogens is 2. The van der Waals surface area contributed by atoms with Crippen LogP contribution in [0, 0.1) is 0 Å². The molecule has 6 heteroatoms. The number of methoxy groups -OCH3 is 1. The van der Waals surface area contributed by atoms with Gasteiger partial charge in [0, 0.05) is 29.7 Å². The Morgan fingerprint density at radius 3 is 2.67 bits per heavy atom. The summed E-state index contributed by atoms with van der Waals surface area (Å²) in [6, 6.07) is 11.9. The van der Waals surface area contributed by atoms with E-state index in [0.29, 0.717) is 16.7 Å². The van der Waals surface area contributed by atoms with Gasteiger partial charge in [-0.1, -0.05) is 35.3 Å². The fourth-order valence-corrected chi connectivity index (χ4v) is 4.08. The van der Waals surface area contributed by atoms with Crippen LogP contribution >= 0.6 is 23.2 Å². The van der Waals surface area contributed by atoms with Gasteiger partial charge < -0.3 is 14.8 Å². The van der Waals surface area contributed by atoms with E-state index in [1.165, 1.54) is 0 Å². The molecule has 0 bridgehead atoms. The number of nitrogens with zero attached hydrogens (tertiary/aromatic N) is 1. The number of nitrogens with one attached hydrogen (secondary N) is 1. The quantitative estimate of drug-likeness (QED) is 0.744. The van der Waals surface area contributed by atoms with Crippen molar-refractivity contribution in [3.63, 3.8) is 0 Å². The Labute approximate surface area is 171 Å². The Morgan fingerprint density at radius 1 is 1.07 bits per heavy atom. The minimum Gasteiger partial charge on any atom is -0.493 e. The third kappa shape index (κ3) is 4.88. The van der Waals surface area contributed by atoms with Crippen LogP contribution in [0.1, 0.15) is 30.5 Å². The van der Waals surface area contributed by atoms with Gasteiger partial charge in [0.1, 0.15) is 0 Å². The maximum absolute atomic E-state index is 6.61. The molecule has 4 nitrogen and oxygen atoms in total. The first-order valence-corrected chi connectivity index (χ1v) is 10.1. The minimum atomic E-state index is 0.0276. The summed E-state index contributed by atoms with van der Waals surface area (Å²) in [5.41, 5.74) is 2.18. The largest absolute Gasteiger partial charge is 0.493 e. The lowest BCUT2D eigenvalue weighted by atomic mass is 9.96. The molecule has 2 aromatic carbocycles. The van der Waals surface area contributed by atoms with E-state index in [2.05, 4.69) is 22.3 Å². The normalized spacial score (nSPS) is 16.6.